The molecule has 0 aromatic heterocycles. The molecule has 0 aromatic rings. The lowest BCUT2D eigenvalue weighted by atomic mass is 9.38. The number of hydrogen-bond donors (Lipinski definition) is 0. The molecule has 0 saturated heterocycles. The van der Waals surface area contributed by atoms with Crippen molar-refractivity contribution in [1.82, 2.24) is 0 Å². The smallest absolute Gasteiger partial charge is 0.0321 e. The van der Waals surface area contributed by atoms with E-state index in [1.807, 2.05) is 0 Å². The average Bonchev–Trinajstić information content (AvgIpc) is 2.54. The van der Waals surface area contributed by atoms with Crippen LogP contribution in [0.5, 0.6) is 0 Å². The van der Waals surface area contributed by atoms with E-state index < -0.39 is 0 Å². The van der Waals surface area contributed by atoms with E-state index in [4.69, 9.17) is 0 Å². The lowest BCUT2D eigenvalue weighted by Gasteiger charge is -2.67. The Hall–Kier alpha value is 0. The Morgan fingerprint density at radius 3 is 0.700 bits per heavy atom. The van der Waals surface area contributed by atoms with Crippen LogP contribution in [0.3, 0.4) is 0 Å². The Bertz CT molecular complexity index is 279. The second kappa shape index (κ2) is 4.75. The van der Waals surface area contributed by atoms with Crippen LogP contribution in [0.15, 0.2) is 0 Å². The van der Waals surface area contributed by atoms with Gasteiger partial charge in [-0.2, -0.15) is 0 Å². The van der Waals surface area contributed by atoms with E-state index in [0.717, 1.165) is 0 Å². The van der Waals surface area contributed by atoms with Crippen LogP contribution in [0.25, 0.3) is 0 Å². The fraction of sp³-hybridized carbons (Fsp3) is 1.00. The summed E-state index contributed by atoms with van der Waals surface area (Å²) in [7, 11) is 0. The molecule has 0 aliphatic heterocycles. The minimum atomic E-state index is 1.19. The molecule has 0 spiro atoms. The molecule has 6 aliphatic carbocycles. The summed E-state index contributed by atoms with van der Waals surface area (Å²) < 4.78 is 0. The van der Waals surface area contributed by atoms with Gasteiger partial charge in [0.1, 0.15) is 0 Å². The third-order valence-corrected chi connectivity index (χ3v) is 8.59. The Labute approximate surface area is 125 Å². The van der Waals surface area contributed by atoms with E-state index in [1.165, 1.54) is 47.3 Å². The van der Waals surface area contributed by atoms with Crippen molar-refractivity contribution in [2.45, 2.75) is 77.0 Å². The van der Waals surface area contributed by atoms with Crippen LogP contribution in [-0.2, 0) is 0 Å². The van der Waals surface area contributed by atoms with Gasteiger partial charge in [-0.25, -0.2) is 0 Å². The Morgan fingerprint density at radius 1 is 0.300 bits per heavy atom. The summed E-state index contributed by atoms with van der Waals surface area (Å²) in [5.41, 5.74) is 0. The van der Waals surface area contributed by atoms with E-state index in [1.54, 1.807) is 77.0 Å². The lowest BCUT2D eigenvalue weighted by Crippen LogP contribution is -2.61. The van der Waals surface area contributed by atoms with E-state index in [9.17, 15) is 0 Å². The second-order valence-electron chi connectivity index (χ2n) is 8.99. The topological polar surface area (TPSA) is 0 Å². The van der Waals surface area contributed by atoms with Gasteiger partial charge in [-0.3, -0.25) is 0 Å². The van der Waals surface area contributed by atoms with Crippen molar-refractivity contribution in [3.05, 3.63) is 0 Å². The summed E-state index contributed by atoms with van der Waals surface area (Å²) in [6, 6.07) is 0. The zero-order valence-corrected chi connectivity index (χ0v) is 13.1. The zero-order chi connectivity index (χ0) is 13.1. The molecule has 112 valence electrons. The van der Waals surface area contributed by atoms with Crippen LogP contribution >= 0.6 is 0 Å². The first-order valence-electron chi connectivity index (χ1n) is 9.95. The van der Waals surface area contributed by atoms with Gasteiger partial charge in [-0.1, -0.05) is 38.5 Å². The first-order valence-corrected chi connectivity index (χ1v) is 9.95. The van der Waals surface area contributed by atoms with Crippen LogP contribution in [0, 0.1) is 47.3 Å². The highest BCUT2D eigenvalue weighted by molar-refractivity contribution is 5.09. The van der Waals surface area contributed by atoms with Crippen LogP contribution < -0.4 is 0 Å². The van der Waals surface area contributed by atoms with E-state index in [2.05, 4.69) is 0 Å². The van der Waals surface area contributed by atoms with Crippen molar-refractivity contribution in [1.29, 1.82) is 0 Å². The summed E-state index contributed by atoms with van der Waals surface area (Å²) in [4.78, 5) is 0. The third-order valence-electron chi connectivity index (χ3n) is 8.59. The summed E-state index contributed by atoms with van der Waals surface area (Å²) >= 11 is 0. The van der Waals surface area contributed by atoms with Crippen LogP contribution in [0.4, 0.5) is 0 Å². The number of hydrogen-bond acceptors (Lipinski definition) is 0. The highest BCUT2D eigenvalue weighted by Crippen LogP contribution is 2.68. The SMILES string of the molecule is C1CCC2C(C1)C1[C@H]3CCCC[C@H]3C2[C@H]2CCCC[C@@H]12. The van der Waals surface area contributed by atoms with E-state index in [-0.39, 0.29) is 0 Å². The summed E-state index contributed by atoms with van der Waals surface area (Å²) in [6.07, 6.45) is 19.2. The molecule has 0 N–H and O–H groups in total. The molecule has 0 nitrogen and oxygen atoms in total. The second-order valence-corrected chi connectivity index (χ2v) is 8.99. The molecule has 0 amide bonds. The van der Waals surface area contributed by atoms with Crippen LogP contribution in [0.2, 0.25) is 0 Å². The molecule has 2 bridgehead atoms. The predicted molar refractivity (Wildman–Crippen MR) is 83.3 cm³/mol. The first-order chi connectivity index (χ1) is 9.95. The molecule has 0 aromatic carbocycles. The number of rotatable bonds is 0. The summed E-state index contributed by atoms with van der Waals surface area (Å²) in [5, 5.41) is 0. The van der Waals surface area contributed by atoms with Gasteiger partial charge < -0.3 is 0 Å². The van der Waals surface area contributed by atoms with Gasteiger partial charge in [0.15, 0.2) is 0 Å². The summed E-state index contributed by atoms with van der Waals surface area (Å²) in [5.74, 6) is 9.52. The van der Waals surface area contributed by atoms with Gasteiger partial charge in [-0.15, -0.1) is 0 Å². The minimum absolute atomic E-state index is 1.19. The molecule has 0 heterocycles. The minimum Gasteiger partial charge on any atom is -0.0530 e. The monoisotopic (exact) mass is 272 g/mol. The maximum atomic E-state index is 1.62. The quantitative estimate of drug-likeness (QED) is 0.533. The van der Waals surface area contributed by atoms with Crippen molar-refractivity contribution in [2.24, 2.45) is 47.3 Å². The Morgan fingerprint density at radius 2 is 0.500 bits per heavy atom. The van der Waals surface area contributed by atoms with Gasteiger partial charge in [-0.05, 0) is 85.9 Å². The van der Waals surface area contributed by atoms with Gasteiger partial charge in [0.25, 0.3) is 0 Å². The van der Waals surface area contributed by atoms with Crippen molar-refractivity contribution < 1.29 is 0 Å². The fourth-order valence-corrected chi connectivity index (χ4v) is 8.34. The predicted octanol–water partition coefficient (Wildman–Crippen LogP) is 5.67. The molecule has 0 radical (unpaired) electrons. The Kier molecular flexibility index (Phi) is 2.98. The fourth-order valence-electron chi connectivity index (χ4n) is 8.34. The van der Waals surface area contributed by atoms with Crippen molar-refractivity contribution in [3.63, 3.8) is 0 Å². The van der Waals surface area contributed by atoms with Gasteiger partial charge in [0.2, 0.25) is 0 Å². The maximum absolute atomic E-state index is 1.62. The zero-order valence-electron chi connectivity index (χ0n) is 13.1. The molecule has 8 atom stereocenters. The van der Waals surface area contributed by atoms with E-state index in [0.29, 0.717) is 0 Å². The molecule has 6 aliphatic rings. The Balaban J connectivity index is 1.56. The molecule has 20 heavy (non-hydrogen) atoms. The normalized spacial score (nSPS) is 57.6. The standard InChI is InChI=1S/C20H32/c1-2-8-14-13(7-1)19-15-9-3-5-11-17(15)20(14)18-12-6-4-10-16(18)19/h13-20H,1-12H2/t13-,14+,15+,16?,17-,18?,19?,20?. The first kappa shape index (κ1) is 12.5. The van der Waals surface area contributed by atoms with Gasteiger partial charge in [0, 0.05) is 0 Å². The van der Waals surface area contributed by atoms with Gasteiger partial charge in [0.05, 0.1) is 0 Å². The van der Waals surface area contributed by atoms with Crippen LogP contribution in [0.1, 0.15) is 77.0 Å². The molecule has 0 heteroatoms. The largest absolute Gasteiger partial charge is 0.0530 e. The third kappa shape index (κ3) is 1.60. The van der Waals surface area contributed by atoms with Crippen LogP contribution in [-0.4, -0.2) is 0 Å². The van der Waals surface area contributed by atoms with E-state index >= 15 is 0 Å². The van der Waals surface area contributed by atoms with Crippen molar-refractivity contribution in [2.75, 3.05) is 0 Å². The lowest BCUT2D eigenvalue weighted by molar-refractivity contribution is -0.186. The molecule has 6 fully saturated rings. The molecular formula is C20H32. The average molecular weight is 272 g/mol. The summed E-state index contributed by atoms with van der Waals surface area (Å²) in [6.45, 7) is 0. The van der Waals surface area contributed by atoms with Crippen molar-refractivity contribution >= 4 is 0 Å². The molecule has 6 rings (SSSR count). The molecular weight excluding hydrogens is 240 g/mol. The maximum Gasteiger partial charge on any atom is -0.0321 e. The van der Waals surface area contributed by atoms with Gasteiger partial charge >= 0.3 is 0 Å². The highest BCUT2D eigenvalue weighted by atomic mass is 14.7. The highest BCUT2D eigenvalue weighted by Gasteiger charge is 2.61. The van der Waals surface area contributed by atoms with Crippen molar-refractivity contribution in [3.8, 4) is 0 Å². The molecule has 4 unspecified atom stereocenters. The molecule has 6 saturated carbocycles.